The van der Waals surface area contributed by atoms with Crippen molar-refractivity contribution in [1.82, 2.24) is 24.9 Å². The monoisotopic (exact) mass is 474 g/mol. The Morgan fingerprint density at radius 2 is 1.80 bits per heavy atom. The van der Waals surface area contributed by atoms with Crippen LogP contribution in [0.5, 0.6) is 0 Å². The molecule has 0 aliphatic rings. The highest BCUT2D eigenvalue weighted by molar-refractivity contribution is 5.96. The van der Waals surface area contributed by atoms with Gasteiger partial charge in [-0.05, 0) is 13.0 Å². The molecule has 0 saturated heterocycles. The fraction of sp³-hybridized carbons (Fsp3) is 0.174. The molecule has 3 N–H and O–H groups in total. The summed E-state index contributed by atoms with van der Waals surface area (Å²) in [5, 5.41) is 16.9. The Hall–Kier alpha value is -4.87. The molecule has 0 atom stereocenters. The van der Waals surface area contributed by atoms with Crippen LogP contribution in [0.4, 0.5) is 17.5 Å². The summed E-state index contributed by atoms with van der Waals surface area (Å²) in [4.78, 5) is 42.8. The molecule has 4 aromatic rings. The highest BCUT2D eigenvalue weighted by Crippen LogP contribution is 2.26. The SMILES string of the molecule is CCOC(=O)c1cnc(NCCNc2ccc([N+](=O)[O-])cn2)nc1-c1ccc(-c2ncc[nH]2)cc1. The van der Waals surface area contributed by atoms with Gasteiger partial charge < -0.3 is 20.4 Å². The number of esters is 1. The average molecular weight is 474 g/mol. The number of aromatic amines is 1. The van der Waals surface area contributed by atoms with Crippen LogP contribution in [0.3, 0.4) is 0 Å². The first kappa shape index (κ1) is 23.3. The number of nitrogens with zero attached hydrogens (tertiary/aromatic N) is 5. The number of hydrogen-bond donors (Lipinski definition) is 3. The molecule has 0 radical (unpaired) electrons. The lowest BCUT2D eigenvalue weighted by molar-refractivity contribution is -0.385. The van der Waals surface area contributed by atoms with Gasteiger partial charge in [0.05, 0.1) is 17.2 Å². The zero-order valence-electron chi connectivity index (χ0n) is 18.8. The molecule has 0 aliphatic heterocycles. The normalized spacial score (nSPS) is 10.5. The lowest BCUT2D eigenvalue weighted by Gasteiger charge is -2.12. The Balaban J connectivity index is 1.47. The van der Waals surface area contributed by atoms with E-state index in [1.807, 2.05) is 24.3 Å². The van der Waals surface area contributed by atoms with Gasteiger partial charge in [0, 0.05) is 48.9 Å². The number of anilines is 2. The molecule has 0 unspecified atom stereocenters. The standard InChI is InChI=1S/C23H22N8O4/c1-2-35-22(32)18-14-29-23(27-12-9-24-19-8-7-17(13-28-19)31(33)34)30-20(18)15-3-5-16(6-4-15)21-25-10-11-26-21/h3-8,10-11,13-14H,2,9,12H2,1H3,(H,24,28)(H,25,26)(H,27,29,30). The molecule has 12 nitrogen and oxygen atoms in total. The maximum atomic E-state index is 12.5. The second-order valence-corrected chi connectivity index (χ2v) is 7.20. The van der Waals surface area contributed by atoms with Crippen molar-refractivity contribution in [2.75, 3.05) is 30.3 Å². The number of H-pyrrole nitrogens is 1. The molecule has 4 rings (SSSR count). The molecule has 35 heavy (non-hydrogen) atoms. The third-order valence-electron chi connectivity index (χ3n) is 4.89. The van der Waals surface area contributed by atoms with Crippen molar-refractivity contribution in [3.8, 4) is 22.6 Å². The zero-order chi connectivity index (χ0) is 24.6. The first-order valence-corrected chi connectivity index (χ1v) is 10.8. The molecule has 0 spiro atoms. The zero-order valence-corrected chi connectivity index (χ0v) is 18.8. The molecule has 12 heteroatoms. The van der Waals surface area contributed by atoms with Crippen LogP contribution in [-0.4, -0.2) is 55.5 Å². The molecule has 0 saturated carbocycles. The van der Waals surface area contributed by atoms with E-state index < -0.39 is 10.9 Å². The van der Waals surface area contributed by atoms with Gasteiger partial charge in [-0.2, -0.15) is 0 Å². The maximum absolute atomic E-state index is 12.5. The summed E-state index contributed by atoms with van der Waals surface area (Å²) >= 11 is 0. The largest absolute Gasteiger partial charge is 0.462 e. The van der Waals surface area contributed by atoms with Crippen molar-refractivity contribution in [2.24, 2.45) is 0 Å². The van der Waals surface area contributed by atoms with Gasteiger partial charge in [0.25, 0.3) is 5.69 Å². The summed E-state index contributed by atoms with van der Waals surface area (Å²) in [5.41, 5.74) is 2.25. The Bertz CT molecular complexity index is 1290. The van der Waals surface area contributed by atoms with Crippen LogP contribution in [0.2, 0.25) is 0 Å². The third kappa shape index (κ3) is 5.74. The predicted octanol–water partition coefficient (Wildman–Crippen LogP) is 3.54. The van der Waals surface area contributed by atoms with Gasteiger partial charge in [0.15, 0.2) is 0 Å². The van der Waals surface area contributed by atoms with E-state index in [4.69, 9.17) is 4.74 Å². The fourth-order valence-corrected chi connectivity index (χ4v) is 3.22. The topological polar surface area (TPSA) is 161 Å². The summed E-state index contributed by atoms with van der Waals surface area (Å²) in [6.45, 7) is 2.87. The molecule has 178 valence electrons. The number of ether oxygens (including phenoxy) is 1. The Morgan fingerprint density at radius 3 is 2.46 bits per heavy atom. The molecular formula is C23H22N8O4. The number of benzene rings is 1. The van der Waals surface area contributed by atoms with Crippen LogP contribution in [0.15, 0.2) is 61.2 Å². The van der Waals surface area contributed by atoms with E-state index in [2.05, 4.69) is 35.6 Å². The number of carbonyl (C=O) groups excluding carboxylic acids is 1. The van der Waals surface area contributed by atoms with Crippen molar-refractivity contribution in [1.29, 1.82) is 0 Å². The average Bonchev–Trinajstić information content (AvgIpc) is 3.42. The van der Waals surface area contributed by atoms with Gasteiger partial charge in [-0.1, -0.05) is 24.3 Å². The van der Waals surface area contributed by atoms with Gasteiger partial charge in [-0.3, -0.25) is 10.1 Å². The Kier molecular flexibility index (Phi) is 7.21. The molecule has 3 heterocycles. The first-order valence-electron chi connectivity index (χ1n) is 10.8. The van der Waals surface area contributed by atoms with E-state index in [1.54, 1.807) is 19.3 Å². The molecule has 0 bridgehead atoms. The van der Waals surface area contributed by atoms with Gasteiger partial charge in [-0.25, -0.2) is 24.7 Å². The lowest BCUT2D eigenvalue weighted by atomic mass is 10.0. The number of carbonyl (C=O) groups is 1. The van der Waals surface area contributed by atoms with E-state index in [1.165, 1.54) is 24.5 Å². The second kappa shape index (κ2) is 10.8. The fourth-order valence-electron chi connectivity index (χ4n) is 3.22. The molecule has 3 aromatic heterocycles. The number of pyridine rings is 1. The number of rotatable bonds is 10. The molecular weight excluding hydrogens is 452 g/mol. The summed E-state index contributed by atoms with van der Waals surface area (Å²) < 4.78 is 5.17. The van der Waals surface area contributed by atoms with Crippen molar-refractivity contribution in [3.63, 3.8) is 0 Å². The highest BCUT2D eigenvalue weighted by atomic mass is 16.6. The van der Waals surface area contributed by atoms with Crippen molar-refractivity contribution < 1.29 is 14.5 Å². The number of nitrogens with one attached hydrogen (secondary N) is 3. The van der Waals surface area contributed by atoms with Crippen LogP contribution >= 0.6 is 0 Å². The molecule has 0 fully saturated rings. The van der Waals surface area contributed by atoms with E-state index in [9.17, 15) is 14.9 Å². The van der Waals surface area contributed by atoms with Crippen LogP contribution in [0.1, 0.15) is 17.3 Å². The number of aromatic nitrogens is 5. The Morgan fingerprint density at radius 1 is 1.03 bits per heavy atom. The van der Waals surface area contributed by atoms with Crippen molar-refractivity contribution in [3.05, 3.63) is 76.9 Å². The van der Waals surface area contributed by atoms with E-state index >= 15 is 0 Å². The van der Waals surface area contributed by atoms with Gasteiger partial charge in [0.2, 0.25) is 5.95 Å². The van der Waals surface area contributed by atoms with Gasteiger partial charge in [0.1, 0.15) is 23.4 Å². The van der Waals surface area contributed by atoms with Crippen molar-refractivity contribution in [2.45, 2.75) is 6.92 Å². The third-order valence-corrected chi connectivity index (χ3v) is 4.89. The van der Waals surface area contributed by atoms with Crippen LogP contribution in [0, 0.1) is 10.1 Å². The maximum Gasteiger partial charge on any atom is 0.341 e. The summed E-state index contributed by atoms with van der Waals surface area (Å²) in [5.74, 6) is 1.08. The summed E-state index contributed by atoms with van der Waals surface area (Å²) in [6.07, 6.45) is 6.05. The minimum atomic E-state index is -0.505. The smallest absolute Gasteiger partial charge is 0.341 e. The first-order chi connectivity index (χ1) is 17.0. The van der Waals surface area contributed by atoms with E-state index in [0.29, 0.717) is 30.5 Å². The van der Waals surface area contributed by atoms with Crippen LogP contribution in [0.25, 0.3) is 22.6 Å². The van der Waals surface area contributed by atoms with E-state index in [-0.39, 0.29) is 17.9 Å². The molecule has 0 aliphatic carbocycles. The highest BCUT2D eigenvalue weighted by Gasteiger charge is 2.18. The minimum absolute atomic E-state index is 0.0755. The minimum Gasteiger partial charge on any atom is -0.462 e. The lowest BCUT2D eigenvalue weighted by Crippen LogP contribution is -2.17. The van der Waals surface area contributed by atoms with Crippen LogP contribution < -0.4 is 10.6 Å². The van der Waals surface area contributed by atoms with Crippen LogP contribution in [-0.2, 0) is 4.74 Å². The predicted molar refractivity (Wildman–Crippen MR) is 129 cm³/mol. The van der Waals surface area contributed by atoms with Crippen molar-refractivity contribution >= 4 is 23.4 Å². The number of nitro groups is 1. The quantitative estimate of drug-likeness (QED) is 0.134. The summed E-state index contributed by atoms with van der Waals surface area (Å²) in [6, 6.07) is 10.4. The van der Waals surface area contributed by atoms with E-state index in [0.717, 1.165) is 17.0 Å². The molecule has 0 amide bonds. The summed E-state index contributed by atoms with van der Waals surface area (Å²) in [7, 11) is 0. The number of hydrogen-bond acceptors (Lipinski definition) is 10. The number of imidazole rings is 1. The van der Waals surface area contributed by atoms with Gasteiger partial charge >= 0.3 is 5.97 Å². The Labute approximate surface area is 200 Å². The van der Waals surface area contributed by atoms with Gasteiger partial charge in [-0.15, -0.1) is 0 Å². The second-order valence-electron chi connectivity index (χ2n) is 7.20. The molecule has 1 aromatic carbocycles.